The predicted octanol–water partition coefficient (Wildman–Crippen LogP) is 1.71. The Kier molecular flexibility index (Phi) is 7.56. The second kappa shape index (κ2) is 8.41. The topological polar surface area (TPSA) is 51.2 Å². The maximum absolute atomic E-state index is 11.7. The lowest BCUT2D eigenvalue weighted by molar-refractivity contribution is -0.129. The number of nitrogens with zero attached hydrogens (tertiary/aromatic N) is 4. The SMILES string of the molecule is CN=C(NC1C(C)(C)C1(C)C)N1CCN(CCC(=O)N(C)C)CC1.I. The van der Waals surface area contributed by atoms with Crippen molar-refractivity contribution in [1.82, 2.24) is 20.0 Å². The quantitative estimate of drug-likeness (QED) is 0.390. The molecule has 0 aromatic rings. The Labute approximate surface area is 170 Å². The fraction of sp³-hybridized carbons (Fsp3) is 0.889. The number of carbonyl (C=O) groups is 1. The molecule has 0 aromatic heterocycles. The monoisotopic (exact) mass is 465 g/mol. The first-order chi connectivity index (χ1) is 11.1. The highest BCUT2D eigenvalue weighted by molar-refractivity contribution is 14.0. The summed E-state index contributed by atoms with van der Waals surface area (Å²) in [6.07, 6.45) is 0.602. The molecule has 1 saturated carbocycles. The predicted molar refractivity (Wildman–Crippen MR) is 115 cm³/mol. The highest BCUT2D eigenvalue weighted by Crippen LogP contribution is 2.62. The summed E-state index contributed by atoms with van der Waals surface area (Å²) >= 11 is 0. The Bertz CT molecular complexity index is 482. The lowest BCUT2D eigenvalue weighted by Crippen LogP contribution is -2.53. The van der Waals surface area contributed by atoms with Crippen molar-refractivity contribution in [2.24, 2.45) is 15.8 Å². The number of aliphatic imine (C=N–C) groups is 1. The summed E-state index contributed by atoms with van der Waals surface area (Å²) in [5.74, 6) is 1.22. The summed E-state index contributed by atoms with van der Waals surface area (Å²) in [6, 6.07) is 0.472. The zero-order chi connectivity index (χ0) is 18.1. The maximum Gasteiger partial charge on any atom is 0.223 e. The van der Waals surface area contributed by atoms with Crippen molar-refractivity contribution < 1.29 is 4.79 Å². The molecule has 0 unspecified atom stereocenters. The van der Waals surface area contributed by atoms with Crippen LogP contribution in [0.15, 0.2) is 4.99 Å². The van der Waals surface area contributed by atoms with Gasteiger partial charge in [0.1, 0.15) is 0 Å². The van der Waals surface area contributed by atoms with Crippen LogP contribution in [0.2, 0.25) is 0 Å². The average molecular weight is 465 g/mol. The molecule has 0 spiro atoms. The van der Waals surface area contributed by atoms with Crippen molar-refractivity contribution in [2.75, 3.05) is 53.9 Å². The van der Waals surface area contributed by atoms with Crippen LogP contribution in [0.25, 0.3) is 0 Å². The number of halogens is 1. The van der Waals surface area contributed by atoms with E-state index < -0.39 is 0 Å². The van der Waals surface area contributed by atoms with E-state index in [1.54, 1.807) is 4.90 Å². The molecule has 1 saturated heterocycles. The van der Waals surface area contributed by atoms with Gasteiger partial charge in [0, 0.05) is 66.3 Å². The minimum absolute atomic E-state index is 0. The molecule has 0 bridgehead atoms. The van der Waals surface area contributed by atoms with Crippen molar-refractivity contribution in [3.05, 3.63) is 0 Å². The van der Waals surface area contributed by atoms with Crippen LogP contribution in [0.5, 0.6) is 0 Å². The molecule has 1 N–H and O–H groups in total. The van der Waals surface area contributed by atoms with Crippen molar-refractivity contribution in [1.29, 1.82) is 0 Å². The first-order valence-corrected chi connectivity index (χ1v) is 9.02. The first kappa shape index (κ1) is 22.5. The molecule has 0 atom stereocenters. The van der Waals surface area contributed by atoms with E-state index in [1.165, 1.54) is 0 Å². The normalized spacial score (nSPS) is 23.0. The zero-order valence-electron chi connectivity index (χ0n) is 16.9. The standard InChI is InChI=1S/C18H35N5O.HI/c1-17(2)15(18(17,3)4)20-16(19-5)23-12-10-22(11-13-23)9-8-14(24)21(6)7;/h15H,8-13H2,1-7H3,(H,19,20);1H. The van der Waals surface area contributed by atoms with E-state index in [2.05, 4.69) is 47.8 Å². The second-order valence-electron chi connectivity index (χ2n) is 8.43. The molecule has 1 amide bonds. The number of hydrogen-bond donors (Lipinski definition) is 1. The van der Waals surface area contributed by atoms with E-state index in [-0.39, 0.29) is 29.9 Å². The third-order valence-electron chi connectivity index (χ3n) is 6.32. The molecule has 2 fully saturated rings. The van der Waals surface area contributed by atoms with Crippen molar-refractivity contribution in [3.63, 3.8) is 0 Å². The van der Waals surface area contributed by atoms with Crippen LogP contribution < -0.4 is 5.32 Å². The number of nitrogens with one attached hydrogen (secondary N) is 1. The summed E-state index contributed by atoms with van der Waals surface area (Å²) in [7, 11) is 5.50. The van der Waals surface area contributed by atoms with Gasteiger partial charge in [-0.2, -0.15) is 0 Å². The Morgan fingerprint density at radius 1 is 1.12 bits per heavy atom. The highest BCUT2D eigenvalue weighted by Gasteiger charge is 2.65. The number of amides is 1. The molecule has 1 aliphatic carbocycles. The molecular weight excluding hydrogens is 429 g/mol. The van der Waals surface area contributed by atoms with E-state index in [9.17, 15) is 4.79 Å². The highest BCUT2D eigenvalue weighted by atomic mass is 127. The Morgan fingerprint density at radius 2 is 1.64 bits per heavy atom. The first-order valence-electron chi connectivity index (χ1n) is 9.02. The summed E-state index contributed by atoms with van der Waals surface area (Å²) in [5.41, 5.74) is 0.606. The average Bonchev–Trinajstić information content (AvgIpc) is 2.92. The lowest BCUT2D eigenvalue weighted by Gasteiger charge is -2.36. The van der Waals surface area contributed by atoms with Gasteiger partial charge in [-0.25, -0.2) is 0 Å². The number of hydrogen-bond acceptors (Lipinski definition) is 3. The fourth-order valence-electron chi connectivity index (χ4n) is 3.64. The second-order valence-corrected chi connectivity index (χ2v) is 8.43. The van der Waals surface area contributed by atoms with Gasteiger partial charge in [0.15, 0.2) is 5.96 Å². The smallest absolute Gasteiger partial charge is 0.223 e. The van der Waals surface area contributed by atoms with Gasteiger partial charge >= 0.3 is 0 Å². The van der Waals surface area contributed by atoms with E-state index in [4.69, 9.17) is 0 Å². The van der Waals surface area contributed by atoms with Gasteiger partial charge in [-0.1, -0.05) is 27.7 Å². The maximum atomic E-state index is 11.7. The number of piperazine rings is 1. The summed E-state index contributed by atoms with van der Waals surface area (Å²) < 4.78 is 0. The summed E-state index contributed by atoms with van der Waals surface area (Å²) in [5, 5.41) is 3.67. The largest absolute Gasteiger partial charge is 0.352 e. The molecule has 2 aliphatic rings. The summed E-state index contributed by atoms with van der Waals surface area (Å²) in [6.45, 7) is 14.0. The van der Waals surface area contributed by atoms with E-state index in [0.717, 1.165) is 38.7 Å². The molecule has 1 aliphatic heterocycles. The number of rotatable bonds is 4. The van der Waals surface area contributed by atoms with Gasteiger partial charge < -0.3 is 15.1 Å². The summed E-state index contributed by atoms with van der Waals surface area (Å²) in [4.78, 5) is 22.6. The minimum Gasteiger partial charge on any atom is -0.352 e. The third-order valence-corrected chi connectivity index (χ3v) is 6.32. The molecule has 0 radical (unpaired) electrons. The molecule has 25 heavy (non-hydrogen) atoms. The van der Waals surface area contributed by atoms with Gasteiger partial charge in [-0.05, 0) is 10.8 Å². The van der Waals surface area contributed by atoms with Crippen LogP contribution in [0.1, 0.15) is 34.1 Å². The lowest BCUT2D eigenvalue weighted by atomic mass is 10.0. The Morgan fingerprint density at radius 3 is 2.04 bits per heavy atom. The van der Waals surface area contributed by atoms with Crippen LogP contribution in [0, 0.1) is 10.8 Å². The Balaban J connectivity index is 0.00000312. The molecule has 7 heteroatoms. The van der Waals surface area contributed by atoms with Gasteiger partial charge in [-0.15, -0.1) is 24.0 Å². The number of carbonyl (C=O) groups excluding carboxylic acids is 1. The van der Waals surface area contributed by atoms with E-state index in [1.807, 2.05) is 21.1 Å². The molecule has 2 rings (SSSR count). The van der Waals surface area contributed by atoms with Crippen LogP contribution in [-0.2, 0) is 4.79 Å². The van der Waals surface area contributed by atoms with Gasteiger partial charge in [0.2, 0.25) is 5.91 Å². The molecule has 0 aromatic carbocycles. The van der Waals surface area contributed by atoms with E-state index >= 15 is 0 Å². The fourth-order valence-corrected chi connectivity index (χ4v) is 3.64. The van der Waals surface area contributed by atoms with Gasteiger partial charge in [0.05, 0.1) is 0 Å². The molecule has 6 nitrogen and oxygen atoms in total. The van der Waals surface area contributed by atoms with E-state index in [0.29, 0.717) is 23.3 Å². The van der Waals surface area contributed by atoms with Gasteiger partial charge in [0.25, 0.3) is 0 Å². The van der Waals surface area contributed by atoms with Crippen molar-refractivity contribution in [3.8, 4) is 0 Å². The van der Waals surface area contributed by atoms with Crippen LogP contribution in [-0.4, -0.2) is 86.5 Å². The molecular formula is C18H36IN5O. The van der Waals surface area contributed by atoms with Crippen molar-refractivity contribution >= 4 is 35.8 Å². The van der Waals surface area contributed by atoms with Crippen molar-refractivity contribution in [2.45, 2.75) is 40.2 Å². The molecule has 1 heterocycles. The van der Waals surface area contributed by atoms with Crippen LogP contribution >= 0.6 is 24.0 Å². The Hall–Kier alpha value is -0.570. The zero-order valence-corrected chi connectivity index (χ0v) is 19.3. The molecule has 146 valence electrons. The van der Waals surface area contributed by atoms with Gasteiger partial charge in [-0.3, -0.25) is 14.7 Å². The van der Waals surface area contributed by atoms with Crippen LogP contribution in [0.3, 0.4) is 0 Å². The minimum atomic E-state index is 0. The number of guanidine groups is 1. The third kappa shape index (κ3) is 4.78. The van der Waals surface area contributed by atoms with Crippen LogP contribution in [0.4, 0.5) is 0 Å².